The van der Waals surface area contributed by atoms with Crippen LogP contribution in [0.25, 0.3) is 0 Å². The van der Waals surface area contributed by atoms with Crippen LogP contribution in [0.4, 0.5) is 0 Å². The second kappa shape index (κ2) is 6.18. The summed E-state index contributed by atoms with van der Waals surface area (Å²) in [4.78, 5) is 47.8. The number of aliphatic carboxylic acids is 1. The van der Waals surface area contributed by atoms with Crippen LogP contribution in [0.15, 0.2) is 15.8 Å². The number of carbonyl (C=O) groups is 2. The number of aromatic nitrogens is 2. The zero-order valence-electron chi connectivity index (χ0n) is 11.5. The Morgan fingerprint density at radius 3 is 2.55 bits per heavy atom. The normalized spacial score (nSPS) is 13.6. The molecule has 20 heavy (non-hydrogen) atoms. The van der Waals surface area contributed by atoms with Crippen LogP contribution in [0.2, 0.25) is 0 Å². The van der Waals surface area contributed by atoms with Gasteiger partial charge in [0.1, 0.15) is 11.6 Å². The van der Waals surface area contributed by atoms with E-state index in [-0.39, 0.29) is 11.5 Å². The number of rotatable bonds is 5. The summed E-state index contributed by atoms with van der Waals surface area (Å²) in [7, 11) is 1.37. The Kier molecular flexibility index (Phi) is 4.84. The summed E-state index contributed by atoms with van der Waals surface area (Å²) in [5, 5.41) is 11.4. The van der Waals surface area contributed by atoms with E-state index in [1.165, 1.54) is 7.05 Å². The quantitative estimate of drug-likeness (QED) is 0.660. The van der Waals surface area contributed by atoms with Crippen LogP contribution in [0.5, 0.6) is 0 Å². The highest BCUT2D eigenvalue weighted by Gasteiger charge is 2.26. The molecular weight excluding hydrogens is 266 g/mol. The largest absolute Gasteiger partial charge is 0.480 e. The molecule has 1 heterocycles. The highest BCUT2D eigenvalue weighted by molar-refractivity contribution is 5.96. The fraction of sp³-hybridized carbons (Fsp3) is 0.500. The Morgan fingerprint density at radius 1 is 1.45 bits per heavy atom. The number of H-pyrrole nitrogens is 1. The lowest BCUT2D eigenvalue weighted by molar-refractivity contribution is -0.140. The molecule has 2 atom stereocenters. The summed E-state index contributed by atoms with van der Waals surface area (Å²) in [6.07, 6.45) is 1.63. The monoisotopic (exact) mass is 283 g/mol. The molecule has 0 fully saturated rings. The SMILES string of the molecule is CC[C@H](C)[C@H](NC(=O)c1cn(C)c(=O)[nH]c1=O)C(=O)O. The van der Waals surface area contributed by atoms with Gasteiger partial charge in [-0.3, -0.25) is 14.6 Å². The lowest BCUT2D eigenvalue weighted by Crippen LogP contribution is -2.47. The van der Waals surface area contributed by atoms with Gasteiger partial charge in [-0.05, 0) is 5.92 Å². The summed E-state index contributed by atoms with van der Waals surface area (Å²) in [5.41, 5.74) is -1.80. The van der Waals surface area contributed by atoms with E-state index in [1.807, 2.05) is 4.98 Å². The minimum Gasteiger partial charge on any atom is -0.480 e. The number of aromatic amines is 1. The molecule has 0 aliphatic rings. The fourth-order valence-electron chi connectivity index (χ4n) is 1.63. The van der Waals surface area contributed by atoms with Crippen molar-refractivity contribution in [1.82, 2.24) is 14.9 Å². The van der Waals surface area contributed by atoms with E-state index in [0.717, 1.165) is 10.8 Å². The lowest BCUT2D eigenvalue weighted by atomic mass is 9.99. The first-order chi connectivity index (χ1) is 9.27. The first-order valence-corrected chi connectivity index (χ1v) is 6.11. The zero-order valence-corrected chi connectivity index (χ0v) is 11.5. The van der Waals surface area contributed by atoms with E-state index in [1.54, 1.807) is 13.8 Å². The highest BCUT2D eigenvalue weighted by atomic mass is 16.4. The maximum atomic E-state index is 12.0. The molecule has 0 aromatic carbocycles. The van der Waals surface area contributed by atoms with E-state index in [4.69, 9.17) is 5.11 Å². The van der Waals surface area contributed by atoms with Crippen molar-refractivity contribution >= 4 is 11.9 Å². The average Bonchev–Trinajstić information content (AvgIpc) is 2.38. The Balaban J connectivity index is 3.07. The van der Waals surface area contributed by atoms with Crippen LogP contribution < -0.4 is 16.6 Å². The van der Waals surface area contributed by atoms with Gasteiger partial charge < -0.3 is 15.0 Å². The maximum Gasteiger partial charge on any atom is 0.328 e. The second-order valence-corrected chi connectivity index (χ2v) is 4.59. The average molecular weight is 283 g/mol. The van der Waals surface area contributed by atoms with Crippen molar-refractivity contribution in [2.45, 2.75) is 26.3 Å². The van der Waals surface area contributed by atoms with Crippen LogP contribution in [-0.4, -0.2) is 32.6 Å². The number of nitrogens with zero attached hydrogens (tertiary/aromatic N) is 1. The molecular formula is C12H17N3O5. The predicted octanol–water partition coefficient (Wildman–Crippen LogP) is -0.697. The third kappa shape index (κ3) is 3.34. The third-order valence-electron chi connectivity index (χ3n) is 3.12. The molecule has 1 amide bonds. The molecule has 0 aliphatic carbocycles. The van der Waals surface area contributed by atoms with Crippen LogP contribution in [0.1, 0.15) is 30.6 Å². The van der Waals surface area contributed by atoms with Crippen molar-refractivity contribution in [3.05, 3.63) is 32.6 Å². The van der Waals surface area contributed by atoms with Crippen molar-refractivity contribution in [2.24, 2.45) is 13.0 Å². The first-order valence-electron chi connectivity index (χ1n) is 6.11. The molecule has 1 aromatic rings. The molecule has 0 saturated carbocycles. The molecule has 0 saturated heterocycles. The van der Waals surface area contributed by atoms with Gasteiger partial charge in [0.2, 0.25) is 0 Å². The van der Waals surface area contributed by atoms with Gasteiger partial charge in [0, 0.05) is 13.2 Å². The lowest BCUT2D eigenvalue weighted by Gasteiger charge is -2.19. The minimum absolute atomic E-state index is 0.289. The smallest absolute Gasteiger partial charge is 0.328 e. The Labute approximate surface area is 114 Å². The van der Waals surface area contributed by atoms with E-state index in [0.29, 0.717) is 6.42 Å². The Hall–Kier alpha value is -2.38. The van der Waals surface area contributed by atoms with Gasteiger partial charge in [-0.1, -0.05) is 20.3 Å². The molecule has 1 aromatic heterocycles. The van der Waals surface area contributed by atoms with Crippen molar-refractivity contribution in [1.29, 1.82) is 0 Å². The molecule has 0 aliphatic heterocycles. The van der Waals surface area contributed by atoms with Crippen molar-refractivity contribution in [3.8, 4) is 0 Å². The van der Waals surface area contributed by atoms with Gasteiger partial charge in [0.05, 0.1) is 0 Å². The number of carboxylic acids is 1. The molecule has 0 radical (unpaired) electrons. The molecule has 8 nitrogen and oxygen atoms in total. The standard InChI is InChI=1S/C12H17N3O5/c1-4-6(2)8(11(18)19)13-9(16)7-5-15(3)12(20)14-10(7)17/h5-6,8H,4H2,1-3H3,(H,13,16)(H,18,19)(H,14,17,20)/t6-,8-/m0/s1. The number of aryl methyl sites for hydroxylation is 1. The number of carboxylic acid groups (broad SMARTS) is 1. The fourth-order valence-corrected chi connectivity index (χ4v) is 1.63. The second-order valence-electron chi connectivity index (χ2n) is 4.59. The van der Waals surface area contributed by atoms with E-state index in [9.17, 15) is 19.2 Å². The third-order valence-corrected chi connectivity index (χ3v) is 3.12. The number of hydrogen-bond acceptors (Lipinski definition) is 4. The molecule has 3 N–H and O–H groups in total. The molecule has 1 rings (SSSR count). The summed E-state index contributed by atoms with van der Waals surface area (Å²) >= 11 is 0. The van der Waals surface area contributed by atoms with Gasteiger partial charge in [-0.15, -0.1) is 0 Å². The van der Waals surface area contributed by atoms with Gasteiger partial charge >= 0.3 is 11.7 Å². The predicted molar refractivity (Wildman–Crippen MR) is 70.6 cm³/mol. The van der Waals surface area contributed by atoms with Gasteiger partial charge in [-0.25, -0.2) is 9.59 Å². The van der Waals surface area contributed by atoms with E-state index >= 15 is 0 Å². The molecule has 0 unspecified atom stereocenters. The number of amides is 1. The van der Waals surface area contributed by atoms with Crippen LogP contribution >= 0.6 is 0 Å². The molecule has 0 spiro atoms. The molecule has 0 bridgehead atoms. The highest BCUT2D eigenvalue weighted by Crippen LogP contribution is 2.08. The van der Waals surface area contributed by atoms with Crippen LogP contribution in [0.3, 0.4) is 0 Å². The summed E-state index contributed by atoms with van der Waals surface area (Å²) in [6, 6.07) is -1.09. The van der Waals surface area contributed by atoms with Crippen molar-refractivity contribution in [2.75, 3.05) is 0 Å². The van der Waals surface area contributed by atoms with Gasteiger partial charge in [0.25, 0.3) is 11.5 Å². The molecule has 110 valence electrons. The Bertz CT molecular complexity index is 631. The number of hydrogen-bond donors (Lipinski definition) is 3. The van der Waals surface area contributed by atoms with E-state index in [2.05, 4.69) is 5.32 Å². The Morgan fingerprint density at radius 2 is 2.05 bits per heavy atom. The minimum atomic E-state index is -1.17. The summed E-state index contributed by atoms with van der Waals surface area (Å²) in [5.74, 6) is -2.29. The van der Waals surface area contributed by atoms with Crippen LogP contribution in [0, 0.1) is 5.92 Å². The summed E-state index contributed by atoms with van der Waals surface area (Å²) < 4.78 is 1.04. The van der Waals surface area contributed by atoms with Gasteiger partial charge in [-0.2, -0.15) is 0 Å². The zero-order chi connectivity index (χ0) is 15.4. The number of nitrogens with one attached hydrogen (secondary N) is 2. The topological polar surface area (TPSA) is 121 Å². The van der Waals surface area contributed by atoms with Crippen molar-refractivity contribution in [3.63, 3.8) is 0 Å². The maximum absolute atomic E-state index is 12.0. The number of carbonyl (C=O) groups excluding carboxylic acids is 1. The van der Waals surface area contributed by atoms with Gasteiger partial charge in [0.15, 0.2) is 0 Å². The summed E-state index contributed by atoms with van der Waals surface area (Å²) in [6.45, 7) is 3.48. The van der Waals surface area contributed by atoms with Crippen LogP contribution in [-0.2, 0) is 11.8 Å². The van der Waals surface area contributed by atoms with Crippen molar-refractivity contribution < 1.29 is 14.7 Å². The van der Waals surface area contributed by atoms with E-state index < -0.39 is 29.2 Å². The first kappa shape index (κ1) is 15.7. The molecule has 8 heteroatoms.